The molecule has 0 saturated carbocycles. The highest BCUT2D eigenvalue weighted by Crippen LogP contribution is 1.95. The van der Waals surface area contributed by atoms with E-state index in [1.807, 2.05) is 6.07 Å². The van der Waals surface area contributed by atoms with Crippen molar-refractivity contribution >= 4 is 0 Å². The Balaban J connectivity index is 2.99. The Morgan fingerprint density at radius 1 is 1.44 bits per heavy atom. The van der Waals surface area contributed by atoms with Gasteiger partial charge in [-0.1, -0.05) is 0 Å². The molecule has 0 aromatic rings. The molecule has 0 aliphatic rings. The highest BCUT2D eigenvalue weighted by Gasteiger charge is 1.96. The van der Waals surface area contributed by atoms with Gasteiger partial charge in [-0.15, -0.1) is 0 Å². The van der Waals surface area contributed by atoms with Crippen LogP contribution in [0.2, 0.25) is 0 Å². The minimum absolute atomic E-state index is 0.295. The van der Waals surface area contributed by atoms with Crippen LogP contribution < -0.4 is 11.5 Å². The zero-order chi connectivity index (χ0) is 7.11. The molecule has 0 fully saturated rings. The SMILES string of the molecule is N#CC(N)CCCCN. The minimum Gasteiger partial charge on any atom is -0.330 e. The summed E-state index contributed by atoms with van der Waals surface area (Å²) in [4.78, 5) is 0. The first-order valence-corrected chi connectivity index (χ1v) is 3.16. The maximum atomic E-state index is 8.23. The van der Waals surface area contributed by atoms with Gasteiger partial charge in [0.1, 0.15) is 0 Å². The fourth-order valence-corrected chi connectivity index (χ4v) is 0.573. The number of nitriles is 1. The lowest BCUT2D eigenvalue weighted by atomic mass is 10.1. The van der Waals surface area contributed by atoms with Gasteiger partial charge < -0.3 is 11.5 Å². The van der Waals surface area contributed by atoms with E-state index >= 15 is 0 Å². The van der Waals surface area contributed by atoms with Crippen LogP contribution in [0.4, 0.5) is 0 Å². The van der Waals surface area contributed by atoms with E-state index in [0.29, 0.717) is 6.54 Å². The summed E-state index contributed by atoms with van der Waals surface area (Å²) in [5.74, 6) is 0. The van der Waals surface area contributed by atoms with Gasteiger partial charge >= 0.3 is 0 Å². The fourth-order valence-electron chi connectivity index (χ4n) is 0.573. The van der Waals surface area contributed by atoms with Gasteiger partial charge in [-0.2, -0.15) is 5.26 Å². The van der Waals surface area contributed by atoms with Crippen LogP contribution >= 0.6 is 0 Å². The molecule has 0 aliphatic carbocycles. The number of hydrogen-bond donors (Lipinski definition) is 2. The summed E-state index contributed by atoms with van der Waals surface area (Å²) in [7, 11) is 0. The third kappa shape index (κ3) is 5.28. The monoisotopic (exact) mass is 127 g/mol. The first-order chi connectivity index (χ1) is 4.31. The van der Waals surface area contributed by atoms with Crippen molar-refractivity contribution in [1.82, 2.24) is 0 Å². The molecule has 52 valence electrons. The molecule has 3 nitrogen and oxygen atoms in total. The molecule has 0 aromatic heterocycles. The van der Waals surface area contributed by atoms with Gasteiger partial charge in [-0.05, 0) is 25.8 Å². The van der Waals surface area contributed by atoms with Crippen molar-refractivity contribution in [2.45, 2.75) is 25.3 Å². The van der Waals surface area contributed by atoms with E-state index in [2.05, 4.69) is 0 Å². The number of nitrogens with zero attached hydrogens (tertiary/aromatic N) is 1. The first kappa shape index (κ1) is 8.41. The summed E-state index contributed by atoms with van der Waals surface area (Å²) in [6.07, 6.45) is 2.70. The number of hydrogen-bond acceptors (Lipinski definition) is 3. The zero-order valence-electron chi connectivity index (χ0n) is 5.51. The molecular formula is C6H13N3. The van der Waals surface area contributed by atoms with Gasteiger partial charge in [0.05, 0.1) is 12.1 Å². The van der Waals surface area contributed by atoms with Gasteiger partial charge in [-0.3, -0.25) is 0 Å². The van der Waals surface area contributed by atoms with Crippen LogP contribution in [0.1, 0.15) is 19.3 Å². The van der Waals surface area contributed by atoms with E-state index in [1.165, 1.54) is 0 Å². The number of rotatable bonds is 4. The Kier molecular flexibility index (Phi) is 5.18. The van der Waals surface area contributed by atoms with Crippen LogP contribution in [0.15, 0.2) is 0 Å². The van der Waals surface area contributed by atoms with Gasteiger partial charge in [0, 0.05) is 0 Å². The second-order valence-corrected chi connectivity index (χ2v) is 2.02. The third-order valence-corrected chi connectivity index (χ3v) is 1.14. The Morgan fingerprint density at radius 2 is 2.11 bits per heavy atom. The smallest absolute Gasteiger partial charge is 0.0928 e. The molecule has 9 heavy (non-hydrogen) atoms. The Labute approximate surface area is 55.6 Å². The summed E-state index contributed by atoms with van der Waals surface area (Å²) in [6, 6.07) is 1.67. The van der Waals surface area contributed by atoms with Crippen molar-refractivity contribution in [3.05, 3.63) is 0 Å². The van der Waals surface area contributed by atoms with E-state index in [0.717, 1.165) is 19.3 Å². The van der Waals surface area contributed by atoms with Crippen molar-refractivity contribution in [2.75, 3.05) is 6.54 Å². The number of nitrogens with two attached hydrogens (primary N) is 2. The average Bonchev–Trinajstić information content (AvgIpc) is 1.89. The van der Waals surface area contributed by atoms with Crippen LogP contribution in [0.5, 0.6) is 0 Å². The van der Waals surface area contributed by atoms with E-state index < -0.39 is 0 Å². The van der Waals surface area contributed by atoms with Crippen molar-refractivity contribution in [3.8, 4) is 6.07 Å². The van der Waals surface area contributed by atoms with E-state index in [9.17, 15) is 0 Å². The van der Waals surface area contributed by atoms with Crippen LogP contribution in [-0.2, 0) is 0 Å². The summed E-state index contributed by atoms with van der Waals surface area (Å²) < 4.78 is 0. The van der Waals surface area contributed by atoms with Gasteiger partial charge in [-0.25, -0.2) is 0 Å². The van der Waals surface area contributed by atoms with Crippen LogP contribution in [-0.4, -0.2) is 12.6 Å². The van der Waals surface area contributed by atoms with Crippen molar-refractivity contribution in [2.24, 2.45) is 11.5 Å². The van der Waals surface area contributed by atoms with E-state index in [4.69, 9.17) is 16.7 Å². The van der Waals surface area contributed by atoms with Crippen LogP contribution in [0.25, 0.3) is 0 Å². The molecule has 1 unspecified atom stereocenters. The predicted molar refractivity (Wildman–Crippen MR) is 36.5 cm³/mol. The molecule has 4 N–H and O–H groups in total. The molecule has 0 aromatic carbocycles. The lowest BCUT2D eigenvalue weighted by Gasteiger charge is -1.98. The summed E-state index contributed by atoms with van der Waals surface area (Å²) in [5, 5.41) is 8.23. The molecule has 3 heteroatoms. The third-order valence-electron chi connectivity index (χ3n) is 1.14. The quantitative estimate of drug-likeness (QED) is 0.520. The second kappa shape index (κ2) is 5.54. The predicted octanol–water partition coefficient (Wildman–Crippen LogP) is -0.0337. The Bertz CT molecular complexity index is 95.0. The Morgan fingerprint density at radius 3 is 2.56 bits per heavy atom. The van der Waals surface area contributed by atoms with Crippen molar-refractivity contribution in [1.29, 1.82) is 5.26 Å². The summed E-state index contributed by atoms with van der Waals surface area (Å²) in [5.41, 5.74) is 10.5. The Hall–Kier alpha value is -0.590. The normalized spacial score (nSPS) is 12.6. The molecule has 0 saturated heterocycles. The molecule has 0 aliphatic heterocycles. The number of unbranched alkanes of at least 4 members (excludes halogenated alkanes) is 1. The standard InChI is InChI=1S/C6H13N3/c7-4-2-1-3-6(9)5-8/h6H,1-4,7,9H2. The van der Waals surface area contributed by atoms with Crippen molar-refractivity contribution in [3.63, 3.8) is 0 Å². The molecule has 0 amide bonds. The second-order valence-electron chi connectivity index (χ2n) is 2.02. The largest absolute Gasteiger partial charge is 0.330 e. The van der Waals surface area contributed by atoms with Crippen molar-refractivity contribution < 1.29 is 0 Å². The first-order valence-electron chi connectivity index (χ1n) is 3.16. The molecule has 0 heterocycles. The highest BCUT2D eigenvalue weighted by atomic mass is 14.6. The maximum Gasteiger partial charge on any atom is 0.0928 e. The zero-order valence-corrected chi connectivity index (χ0v) is 5.51. The van der Waals surface area contributed by atoms with E-state index in [1.54, 1.807) is 0 Å². The summed E-state index contributed by atoms with van der Waals surface area (Å²) in [6.45, 7) is 0.693. The lowest BCUT2D eigenvalue weighted by molar-refractivity contribution is 0.643. The fraction of sp³-hybridized carbons (Fsp3) is 0.833. The average molecular weight is 127 g/mol. The van der Waals surface area contributed by atoms with E-state index in [-0.39, 0.29) is 6.04 Å². The maximum absolute atomic E-state index is 8.23. The van der Waals surface area contributed by atoms with Gasteiger partial charge in [0.25, 0.3) is 0 Å². The topological polar surface area (TPSA) is 75.8 Å². The van der Waals surface area contributed by atoms with Gasteiger partial charge in [0.2, 0.25) is 0 Å². The molecular weight excluding hydrogens is 114 g/mol. The lowest BCUT2D eigenvalue weighted by Crippen LogP contribution is -2.17. The minimum atomic E-state index is -0.295. The molecule has 0 spiro atoms. The molecule has 1 atom stereocenters. The highest BCUT2D eigenvalue weighted by molar-refractivity contribution is 4.85. The molecule has 0 radical (unpaired) electrons. The molecule has 0 rings (SSSR count). The summed E-state index contributed by atoms with van der Waals surface area (Å²) >= 11 is 0. The molecule has 0 bridgehead atoms. The van der Waals surface area contributed by atoms with Crippen LogP contribution in [0, 0.1) is 11.3 Å². The van der Waals surface area contributed by atoms with Crippen LogP contribution in [0.3, 0.4) is 0 Å². The van der Waals surface area contributed by atoms with Gasteiger partial charge in [0.15, 0.2) is 0 Å².